The van der Waals surface area contributed by atoms with Gasteiger partial charge in [-0.1, -0.05) is 0 Å². The summed E-state index contributed by atoms with van der Waals surface area (Å²) in [7, 11) is 0. The second-order valence-electron chi connectivity index (χ2n) is 4.65. The predicted octanol–water partition coefficient (Wildman–Crippen LogP) is 2.56. The molecule has 0 unspecified atom stereocenters. The molecule has 4 rings (SSSR count). The van der Waals surface area contributed by atoms with Gasteiger partial charge in [-0.25, -0.2) is 0 Å². The van der Waals surface area contributed by atoms with E-state index in [1.165, 1.54) is 12.5 Å². The maximum absolute atomic E-state index is 12.4. The Morgan fingerprint density at radius 3 is 2.38 bits per heavy atom. The van der Waals surface area contributed by atoms with Crippen LogP contribution in [-0.4, -0.2) is 18.3 Å². The third kappa shape index (κ3) is 2.11. The van der Waals surface area contributed by atoms with Crippen LogP contribution < -0.4 is 5.56 Å². The molecule has 2 heterocycles. The van der Waals surface area contributed by atoms with Crippen molar-refractivity contribution in [3.05, 3.63) is 77.0 Å². The molecule has 3 aromatic rings. The van der Waals surface area contributed by atoms with Gasteiger partial charge in [0.2, 0.25) is 0 Å². The van der Waals surface area contributed by atoms with Crippen molar-refractivity contribution < 1.29 is 9.47 Å². The van der Waals surface area contributed by atoms with Crippen molar-refractivity contribution in [2.45, 2.75) is 6.29 Å². The molecule has 0 fully saturated rings. The first-order valence-electron chi connectivity index (χ1n) is 6.50. The number of hydrogen-bond acceptors (Lipinski definition) is 3. The van der Waals surface area contributed by atoms with Gasteiger partial charge in [0.05, 0.1) is 0 Å². The Morgan fingerprint density at radius 1 is 0.952 bits per heavy atom. The molecule has 1 aromatic heterocycles. The van der Waals surface area contributed by atoms with E-state index in [9.17, 15) is 4.79 Å². The molecule has 4 nitrogen and oxygen atoms in total. The van der Waals surface area contributed by atoms with Crippen LogP contribution in [0.3, 0.4) is 0 Å². The van der Waals surface area contributed by atoms with Crippen LogP contribution >= 0.6 is 0 Å². The Morgan fingerprint density at radius 2 is 1.67 bits per heavy atom. The van der Waals surface area contributed by atoms with Crippen molar-refractivity contribution in [2.75, 3.05) is 0 Å². The number of ether oxygens (including phenoxy) is 2. The van der Waals surface area contributed by atoms with Gasteiger partial charge in [-0.05, 0) is 0 Å². The molecular formula is C16H11NO3Se. The molecule has 0 N–H and O–H groups in total. The third-order valence-corrected chi connectivity index (χ3v) is 5.68. The van der Waals surface area contributed by atoms with E-state index in [2.05, 4.69) is 0 Å². The summed E-state index contributed by atoms with van der Waals surface area (Å²) in [6, 6.07) is 15.5. The summed E-state index contributed by atoms with van der Waals surface area (Å²) in [5, 5.41) is 0.813. The number of fused-ring (bicyclic) bond motifs is 1. The number of nitrogens with zero attached hydrogens (tertiary/aromatic N) is 1. The maximum atomic E-state index is 12.4. The molecule has 0 amide bonds. The topological polar surface area (TPSA) is 40.5 Å². The van der Waals surface area contributed by atoms with Crippen molar-refractivity contribution in [1.82, 2.24) is 3.56 Å². The minimum absolute atomic E-state index is 0.00287. The zero-order chi connectivity index (χ0) is 14.2. The summed E-state index contributed by atoms with van der Waals surface area (Å²) in [5.74, 6) is 0. The third-order valence-electron chi connectivity index (χ3n) is 3.35. The molecule has 0 spiro atoms. The Balaban J connectivity index is 1.75. The molecule has 2 aromatic carbocycles. The normalized spacial score (nSPS) is 14.3. The van der Waals surface area contributed by atoms with Crippen LogP contribution in [0, 0.1) is 0 Å². The van der Waals surface area contributed by atoms with Gasteiger partial charge in [-0.3, -0.25) is 0 Å². The zero-order valence-corrected chi connectivity index (χ0v) is 12.6. The molecular weight excluding hydrogens is 333 g/mol. The molecule has 0 saturated heterocycles. The van der Waals surface area contributed by atoms with E-state index in [1.807, 2.05) is 52.1 Å². The van der Waals surface area contributed by atoms with Gasteiger partial charge in [0.25, 0.3) is 0 Å². The van der Waals surface area contributed by atoms with Gasteiger partial charge in [0.1, 0.15) is 0 Å². The summed E-state index contributed by atoms with van der Waals surface area (Å²) in [4.78, 5) is 12.4. The molecule has 1 aliphatic heterocycles. The van der Waals surface area contributed by atoms with E-state index in [0.29, 0.717) is 0 Å². The summed E-state index contributed by atoms with van der Waals surface area (Å²) >= 11 is -0.00287. The van der Waals surface area contributed by atoms with Gasteiger partial charge in [-0.2, -0.15) is 0 Å². The second-order valence-corrected chi connectivity index (χ2v) is 6.73. The number of aromatic nitrogens is 1. The monoisotopic (exact) mass is 345 g/mol. The predicted molar refractivity (Wildman–Crippen MR) is 80.5 cm³/mol. The molecule has 0 atom stereocenters. The van der Waals surface area contributed by atoms with E-state index in [4.69, 9.17) is 9.47 Å². The van der Waals surface area contributed by atoms with E-state index >= 15 is 0 Å². The van der Waals surface area contributed by atoms with E-state index in [1.54, 1.807) is 0 Å². The van der Waals surface area contributed by atoms with Crippen LogP contribution in [0.1, 0.15) is 11.9 Å². The summed E-state index contributed by atoms with van der Waals surface area (Å²) in [6.07, 6.45) is 2.68. The minimum atomic E-state index is -0.379. The van der Waals surface area contributed by atoms with Crippen LogP contribution in [-0.2, 0) is 9.47 Å². The summed E-state index contributed by atoms with van der Waals surface area (Å²) < 4.78 is 13.6. The van der Waals surface area contributed by atoms with Crippen LogP contribution in [0.15, 0.2) is 65.8 Å². The Hall–Kier alpha value is -2.23. The number of benzene rings is 2. The van der Waals surface area contributed by atoms with Crippen molar-refractivity contribution in [2.24, 2.45) is 0 Å². The van der Waals surface area contributed by atoms with Gasteiger partial charge < -0.3 is 0 Å². The van der Waals surface area contributed by atoms with Crippen LogP contribution in [0.4, 0.5) is 0 Å². The molecule has 0 saturated carbocycles. The SMILES string of the molecule is O=c1c2ccccc2[se]n1-c1ccc(C2OC=CO2)cc1. The first kappa shape index (κ1) is 12.5. The number of rotatable bonds is 2. The Bertz CT molecular complexity index is 868. The van der Waals surface area contributed by atoms with Crippen LogP contribution in [0.2, 0.25) is 0 Å². The molecule has 21 heavy (non-hydrogen) atoms. The Kier molecular flexibility index (Phi) is 2.95. The summed E-state index contributed by atoms with van der Waals surface area (Å²) in [5.41, 5.74) is 1.92. The molecule has 104 valence electrons. The molecule has 5 heteroatoms. The van der Waals surface area contributed by atoms with E-state index < -0.39 is 0 Å². The van der Waals surface area contributed by atoms with Gasteiger partial charge in [0, 0.05) is 0 Å². The van der Waals surface area contributed by atoms with Crippen molar-refractivity contribution in [1.29, 1.82) is 0 Å². The Labute approximate surface area is 126 Å². The zero-order valence-electron chi connectivity index (χ0n) is 10.9. The molecule has 1 aliphatic rings. The van der Waals surface area contributed by atoms with Crippen molar-refractivity contribution in [3.8, 4) is 5.69 Å². The first-order valence-corrected chi connectivity index (χ1v) is 8.12. The number of hydrogen-bond donors (Lipinski definition) is 0. The van der Waals surface area contributed by atoms with Gasteiger partial charge in [0.15, 0.2) is 0 Å². The van der Waals surface area contributed by atoms with Crippen molar-refractivity contribution >= 4 is 24.4 Å². The molecule has 0 aliphatic carbocycles. The quantitative estimate of drug-likeness (QED) is 0.671. The average molecular weight is 344 g/mol. The fourth-order valence-electron chi connectivity index (χ4n) is 2.31. The van der Waals surface area contributed by atoms with Gasteiger partial charge >= 0.3 is 126 Å². The van der Waals surface area contributed by atoms with Gasteiger partial charge in [-0.15, -0.1) is 0 Å². The van der Waals surface area contributed by atoms with Crippen LogP contribution in [0.25, 0.3) is 15.3 Å². The van der Waals surface area contributed by atoms with Crippen molar-refractivity contribution in [3.63, 3.8) is 0 Å². The average Bonchev–Trinajstić information content (AvgIpc) is 3.17. The second kappa shape index (κ2) is 4.95. The summed E-state index contributed by atoms with van der Waals surface area (Å²) in [6.45, 7) is 0. The van der Waals surface area contributed by atoms with Crippen LogP contribution in [0.5, 0.6) is 0 Å². The molecule has 0 radical (unpaired) electrons. The fourth-order valence-corrected chi connectivity index (χ4v) is 4.40. The van der Waals surface area contributed by atoms with E-state index in [-0.39, 0.29) is 26.6 Å². The van der Waals surface area contributed by atoms with E-state index in [0.717, 1.165) is 20.9 Å². The standard InChI is InChI=1S/C16H11NO3Se/c18-15-13-3-1-2-4-14(13)21-17(15)12-7-5-11(6-8-12)16-19-9-10-20-16/h1-10,16H. The fraction of sp³-hybridized carbons (Fsp3) is 0.0625. The molecule has 0 bridgehead atoms. The first-order chi connectivity index (χ1) is 10.3.